The molecule has 0 heterocycles. The van der Waals surface area contributed by atoms with Crippen LogP contribution in [0.3, 0.4) is 0 Å². The molecule has 5 nitrogen and oxygen atoms in total. The van der Waals surface area contributed by atoms with Gasteiger partial charge in [0.15, 0.2) is 6.17 Å². The Hall–Kier alpha value is -0.910. The van der Waals surface area contributed by atoms with Crippen molar-refractivity contribution in [3.05, 3.63) is 12.2 Å². The summed E-state index contributed by atoms with van der Waals surface area (Å²) in [4.78, 5) is 12.3. The predicted molar refractivity (Wildman–Crippen MR) is 132 cm³/mol. The van der Waals surface area contributed by atoms with Crippen molar-refractivity contribution >= 4 is 5.91 Å². The van der Waals surface area contributed by atoms with Gasteiger partial charge < -0.3 is 20.0 Å². The molecule has 0 fully saturated rings. The van der Waals surface area contributed by atoms with Crippen LogP contribution in [0.2, 0.25) is 0 Å². The number of hydrogen-bond acceptors (Lipinski definition) is 3. The van der Waals surface area contributed by atoms with Crippen LogP contribution < -0.4 is 5.32 Å². The van der Waals surface area contributed by atoms with Gasteiger partial charge in [-0.25, -0.2) is 0 Å². The number of unbranched alkanes of at least 4 members (excludes halogenated alkanes) is 11. The lowest BCUT2D eigenvalue weighted by Gasteiger charge is -2.40. The summed E-state index contributed by atoms with van der Waals surface area (Å²) in [5.74, 6) is 0.0877. The number of nitrogens with zero attached hydrogens (tertiary/aromatic N) is 1. The van der Waals surface area contributed by atoms with E-state index in [4.69, 9.17) is 0 Å². The van der Waals surface area contributed by atoms with E-state index in [1.54, 1.807) is 0 Å². The van der Waals surface area contributed by atoms with Crippen LogP contribution in [0.15, 0.2) is 12.2 Å². The summed E-state index contributed by atoms with van der Waals surface area (Å²) in [6.07, 6.45) is 22.3. The quantitative estimate of drug-likeness (QED) is 0.0923. The SMILES string of the molecule is CCCCCCCCC=CCCCCCCCC(=O)NC(CC)[N+](C)(CCO)CCO. The minimum absolute atomic E-state index is 0.0527. The van der Waals surface area contributed by atoms with Crippen molar-refractivity contribution in [2.45, 2.75) is 116 Å². The topological polar surface area (TPSA) is 69.6 Å². The molecule has 0 aromatic rings. The van der Waals surface area contributed by atoms with E-state index in [0.29, 0.717) is 24.0 Å². The van der Waals surface area contributed by atoms with E-state index >= 15 is 0 Å². The van der Waals surface area contributed by atoms with Crippen LogP contribution in [-0.4, -0.2) is 60.1 Å². The highest BCUT2D eigenvalue weighted by Gasteiger charge is 2.31. The first-order valence-corrected chi connectivity index (χ1v) is 13.0. The van der Waals surface area contributed by atoms with Crippen molar-refractivity contribution in [3.8, 4) is 0 Å². The van der Waals surface area contributed by atoms with Gasteiger partial charge in [-0.2, -0.15) is 0 Å². The summed E-state index contributed by atoms with van der Waals surface area (Å²) >= 11 is 0. The Balaban J connectivity index is 3.75. The van der Waals surface area contributed by atoms with Gasteiger partial charge >= 0.3 is 0 Å². The van der Waals surface area contributed by atoms with E-state index in [2.05, 4.69) is 24.4 Å². The Morgan fingerprint density at radius 2 is 1.29 bits per heavy atom. The average Bonchev–Trinajstić information content (AvgIpc) is 2.75. The molecule has 1 atom stereocenters. The number of carbonyl (C=O) groups excluding carboxylic acids is 1. The fourth-order valence-electron chi connectivity index (χ4n) is 4.19. The van der Waals surface area contributed by atoms with Crippen molar-refractivity contribution in [2.24, 2.45) is 0 Å². The highest BCUT2D eigenvalue weighted by Crippen LogP contribution is 2.13. The number of nitrogens with one attached hydrogen (secondary N) is 1. The van der Waals surface area contributed by atoms with Crippen LogP contribution in [0.5, 0.6) is 0 Å². The third-order valence-electron chi connectivity index (χ3n) is 6.35. The molecule has 0 aromatic heterocycles. The highest BCUT2D eigenvalue weighted by molar-refractivity contribution is 5.75. The maximum atomic E-state index is 12.3. The Bertz CT molecular complexity index is 434. The molecule has 0 spiro atoms. The number of aliphatic hydroxyl groups excluding tert-OH is 2. The number of rotatable bonds is 22. The Morgan fingerprint density at radius 1 is 0.806 bits per heavy atom. The lowest BCUT2D eigenvalue weighted by atomic mass is 10.1. The average molecular weight is 442 g/mol. The van der Waals surface area contributed by atoms with E-state index in [9.17, 15) is 15.0 Å². The monoisotopic (exact) mass is 441 g/mol. The second-order valence-corrected chi connectivity index (χ2v) is 9.20. The van der Waals surface area contributed by atoms with Gasteiger partial charge in [-0.3, -0.25) is 4.79 Å². The molecule has 0 saturated heterocycles. The summed E-state index contributed by atoms with van der Waals surface area (Å²) in [5.41, 5.74) is 0. The summed E-state index contributed by atoms with van der Waals surface area (Å²) in [6, 6.07) is 0. The molecular weight excluding hydrogens is 388 g/mol. The summed E-state index contributed by atoms with van der Waals surface area (Å²) in [7, 11) is 1.99. The molecule has 0 aromatic carbocycles. The Kier molecular flexibility index (Phi) is 20.3. The largest absolute Gasteiger partial charge is 0.391 e. The lowest BCUT2D eigenvalue weighted by molar-refractivity contribution is -0.936. The number of amides is 1. The maximum absolute atomic E-state index is 12.3. The van der Waals surface area contributed by atoms with Gasteiger partial charge in [0.25, 0.3) is 0 Å². The predicted octanol–water partition coefficient (Wildman–Crippen LogP) is 5.31. The number of hydrogen-bond donors (Lipinski definition) is 3. The van der Waals surface area contributed by atoms with Crippen LogP contribution in [0.25, 0.3) is 0 Å². The molecule has 1 amide bonds. The zero-order valence-corrected chi connectivity index (χ0v) is 20.9. The van der Waals surface area contributed by atoms with Gasteiger partial charge in [0, 0.05) is 12.8 Å². The zero-order valence-electron chi connectivity index (χ0n) is 20.9. The number of allylic oxidation sites excluding steroid dienone is 2. The minimum atomic E-state index is -0.0603. The highest BCUT2D eigenvalue weighted by atomic mass is 16.3. The van der Waals surface area contributed by atoms with Gasteiger partial charge in [-0.05, 0) is 32.1 Å². The summed E-state index contributed by atoms with van der Waals surface area (Å²) in [5, 5.41) is 21.8. The van der Waals surface area contributed by atoms with Gasteiger partial charge in [-0.15, -0.1) is 0 Å². The van der Waals surface area contributed by atoms with Crippen molar-refractivity contribution in [2.75, 3.05) is 33.4 Å². The molecule has 0 aliphatic carbocycles. The van der Waals surface area contributed by atoms with E-state index in [1.165, 1.54) is 70.6 Å². The molecule has 0 radical (unpaired) electrons. The second kappa shape index (κ2) is 21.0. The molecule has 184 valence electrons. The van der Waals surface area contributed by atoms with E-state index in [1.807, 2.05) is 14.0 Å². The number of likely N-dealkylation sites (N-methyl/N-ethyl adjacent to an activating group) is 1. The molecule has 0 aliphatic rings. The van der Waals surface area contributed by atoms with E-state index in [-0.39, 0.29) is 25.3 Å². The van der Waals surface area contributed by atoms with E-state index < -0.39 is 0 Å². The Labute approximate surface area is 192 Å². The summed E-state index contributed by atoms with van der Waals surface area (Å²) in [6.45, 7) is 5.48. The second-order valence-electron chi connectivity index (χ2n) is 9.20. The van der Waals surface area contributed by atoms with Gasteiger partial charge in [0.2, 0.25) is 5.91 Å². The molecule has 0 rings (SSSR count). The van der Waals surface area contributed by atoms with Crippen LogP contribution in [0.4, 0.5) is 0 Å². The zero-order chi connectivity index (χ0) is 23.2. The molecule has 0 saturated carbocycles. The third-order valence-corrected chi connectivity index (χ3v) is 6.35. The van der Waals surface area contributed by atoms with Gasteiger partial charge in [0.05, 0.1) is 20.3 Å². The van der Waals surface area contributed by atoms with Crippen LogP contribution in [-0.2, 0) is 4.79 Å². The molecule has 1 unspecified atom stereocenters. The molecule has 0 bridgehead atoms. The van der Waals surface area contributed by atoms with E-state index in [0.717, 1.165) is 19.3 Å². The first kappa shape index (κ1) is 30.1. The van der Waals surface area contributed by atoms with Gasteiger partial charge in [-0.1, -0.05) is 77.4 Å². The number of carbonyl (C=O) groups is 1. The normalized spacial score (nSPS) is 13.1. The van der Waals surface area contributed by atoms with Crippen LogP contribution >= 0.6 is 0 Å². The maximum Gasteiger partial charge on any atom is 0.224 e. The molecular formula is C26H53N2O3+. The molecule has 5 heteroatoms. The first-order chi connectivity index (χ1) is 15.0. The smallest absolute Gasteiger partial charge is 0.224 e. The molecule has 3 N–H and O–H groups in total. The minimum Gasteiger partial charge on any atom is -0.391 e. The number of quaternary nitrogens is 1. The fourth-order valence-corrected chi connectivity index (χ4v) is 4.19. The first-order valence-electron chi connectivity index (χ1n) is 13.0. The third kappa shape index (κ3) is 16.4. The van der Waals surface area contributed by atoms with Crippen LogP contribution in [0, 0.1) is 0 Å². The standard InChI is InChI=1S/C26H52N2O3/c1-4-6-7-8-9-10-11-12-13-14-15-16-17-18-19-20-26(31)27-25(5-2)28(3,21-23-29)22-24-30/h12-13,25,29-30H,4-11,14-24H2,1-3H3/p+1. The van der Waals surface area contributed by atoms with Gasteiger partial charge in [0.1, 0.15) is 13.1 Å². The fraction of sp³-hybridized carbons (Fsp3) is 0.885. The van der Waals surface area contributed by atoms with Crippen molar-refractivity contribution < 1.29 is 19.5 Å². The van der Waals surface area contributed by atoms with Crippen molar-refractivity contribution in [3.63, 3.8) is 0 Å². The van der Waals surface area contributed by atoms with Crippen LogP contribution in [0.1, 0.15) is 110 Å². The lowest BCUT2D eigenvalue weighted by Crippen LogP contribution is -2.61. The number of aliphatic hydroxyl groups is 2. The molecule has 0 aliphatic heterocycles. The van der Waals surface area contributed by atoms with Crippen molar-refractivity contribution in [1.82, 2.24) is 5.32 Å². The molecule has 31 heavy (non-hydrogen) atoms. The summed E-state index contributed by atoms with van der Waals surface area (Å²) < 4.78 is 0.474. The Morgan fingerprint density at radius 3 is 1.77 bits per heavy atom. The van der Waals surface area contributed by atoms with Crippen molar-refractivity contribution in [1.29, 1.82) is 0 Å².